The second-order valence-electron chi connectivity index (χ2n) is 8.30. The second-order valence-corrected chi connectivity index (χ2v) is 8.30. The van der Waals surface area contributed by atoms with Gasteiger partial charge in [-0.1, -0.05) is 48.5 Å². The van der Waals surface area contributed by atoms with Crippen LogP contribution in [0.4, 0.5) is 10.1 Å². The molecule has 6 rings (SSSR count). The zero-order chi connectivity index (χ0) is 22.2. The molecule has 0 saturated carbocycles. The van der Waals surface area contributed by atoms with Gasteiger partial charge in [-0.2, -0.15) is 5.26 Å². The van der Waals surface area contributed by atoms with Gasteiger partial charge in [0.25, 0.3) is 0 Å². The summed E-state index contributed by atoms with van der Waals surface area (Å²) in [5.74, 6) is -0.676. The van der Waals surface area contributed by atoms with Gasteiger partial charge in [-0.15, -0.1) is 0 Å². The van der Waals surface area contributed by atoms with Crippen LogP contribution in [-0.2, 0) is 10.2 Å². The van der Waals surface area contributed by atoms with Crippen molar-refractivity contribution < 1.29 is 9.18 Å². The van der Waals surface area contributed by atoms with Crippen LogP contribution in [0.3, 0.4) is 0 Å². The number of amides is 1. The Morgan fingerprint density at radius 3 is 2.47 bits per heavy atom. The minimum atomic E-state index is -1.39. The highest BCUT2D eigenvalue weighted by Gasteiger charge is 2.61. The summed E-state index contributed by atoms with van der Waals surface area (Å²) < 4.78 is 16.6. The minimum Gasteiger partial charge on any atom is -0.314 e. The van der Waals surface area contributed by atoms with Crippen LogP contribution in [0.15, 0.2) is 78.4 Å². The Kier molecular flexibility index (Phi) is 3.59. The van der Waals surface area contributed by atoms with Crippen molar-refractivity contribution in [2.75, 3.05) is 11.9 Å². The summed E-state index contributed by atoms with van der Waals surface area (Å²) in [6.45, 7) is 1.98. The number of nitriles is 1. The van der Waals surface area contributed by atoms with Crippen molar-refractivity contribution in [1.82, 2.24) is 4.57 Å². The number of benzene rings is 3. The lowest BCUT2D eigenvalue weighted by atomic mass is 9.72. The van der Waals surface area contributed by atoms with Crippen molar-refractivity contribution in [3.8, 4) is 6.07 Å². The molecule has 1 aromatic heterocycles. The fraction of sp³-hybridized carbons (Fsp3) is 0.111. The molecule has 0 fully saturated rings. The van der Waals surface area contributed by atoms with Crippen LogP contribution in [-0.4, -0.2) is 17.5 Å². The van der Waals surface area contributed by atoms with Crippen molar-refractivity contribution in [3.05, 3.63) is 107 Å². The second kappa shape index (κ2) is 6.18. The number of likely N-dealkylation sites (N-methyl/N-ethyl adjacent to an activating group) is 1. The number of fused-ring (bicyclic) bond motifs is 6. The van der Waals surface area contributed by atoms with Gasteiger partial charge in [0, 0.05) is 23.7 Å². The molecule has 1 spiro atoms. The highest BCUT2D eigenvalue weighted by molar-refractivity contribution is 6.17. The molecule has 0 aliphatic carbocycles. The Labute approximate surface area is 184 Å². The molecule has 0 N–H and O–H groups in total. The number of aromatic nitrogens is 1. The van der Waals surface area contributed by atoms with Gasteiger partial charge >= 0.3 is 0 Å². The average Bonchev–Trinajstić information content (AvgIpc) is 3.36. The third-order valence-corrected chi connectivity index (χ3v) is 6.83. The van der Waals surface area contributed by atoms with E-state index >= 15 is 0 Å². The van der Waals surface area contributed by atoms with E-state index in [1.165, 1.54) is 12.1 Å². The molecule has 1 atom stereocenters. The first kappa shape index (κ1) is 18.6. The number of nitrogens with zero attached hydrogens (tertiary/aromatic N) is 3. The average molecular weight is 419 g/mol. The van der Waals surface area contributed by atoms with Crippen molar-refractivity contribution in [1.29, 1.82) is 5.26 Å². The number of halogens is 1. The van der Waals surface area contributed by atoms with Gasteiger partial charge in [-0.3, -0.25) is 4.79 Å². The van der Waals surface area contributed by atoms with Crippen LogP contribution in [0.5, 0.6) is 0 Å². The summed E-state index contributed by atoms with van der Waals surface area (Å²) in [5, 5.41) is 11.5. The summed E-state index contributed by atoms with van der Waals surface area (Å²) in [6.07, 6.45) is 0. The standard InChI is InChI=1S/C27H18FN3O/c1-16-19-10-6-7-11-22(19)31-24(17-8-4-3-5-9-17)21(15-29)27(25(16)31)20-14-18(28)12-13-23(20)30(2)26(27)32/h3-14H,1-2H3. The van der Waals surface area contributed by atoms with Crippen molar-refractivity contribution in [3.63, 3.8) is 0 Å². The van der Waals surface area contributed by atoms with Crippen LogP contribution >= 0.6 is 0 Å². The molecule has 32 heavy (non-hydrogen) atoms. The zero-order valence-corrected chi connectivity index (χ0v) is 17.6. The van der Waals surface area contributed by atoms with E-state index in [9.17, 15) is 14.4 Å². The van der Waals surface area contributed by atoms with Crippen LogP contribution < -0.4 is 4.90 Å². The largest absolute Gasteiger partial charge is 0.314 e. The molecule has 1 amide bonds. The third kappa shape index (κ3) is 1.97. The summed E-state index contributed by atoms with van der Waals surface area (Å²) in [6, 6.07) is 24.3. The number of carbonyl (C=O) groups excluding carboxylic acids is 1. The molecular weight excluding hydrogens is 401 g/mol. The van der Waals surface area contributed by atoms with E-state index in [0.29, 0.717) is 22.5 Å². The fourth-order valence-electron chi connectivity index (χ4n) is 5.54. The predicted molar refractivity (Wildman–Crippen MR) is 122 cm³/mol. The maximum absolute atomic E-state index is 14.5. The Morgan fingerprint density at radius 2 is 1.72 bits per heavy atom. The van der Waals surface area contributed by atoms with E-state index in [1.54, 1.807) is 18.0 Å². The monoisotopic (exact) mass is 419 g/mol. The topological polar surface area (TPSA) is 49.0 Å². The molecule has 2 aliphatic heterocycles. The molecule has 4 nitrogen and oxygen atoms in total. The SMILES string of the molecule is Cc1c2n(c3ccccc13)C(c1ccccc1)=C(C#N)C21C(=O)N(C)c2ccc(F)cc21. The number of hydrogen-bond donors (Lipinski definition) is 0. The smallest absolute Gasteiger partial charge is 0.248 e. The minimum absolute atomic E-state index is 0.243. The summed E-state index contributed by atoms with van der Waals surface area (Å²) in [7, 11) is 1.69. The molecule has 2 aliphatic rings. The Hall–Kier alpha value is -4.17. The molecule has 4 aromatic rings. The highest BCUT2D eigenvalue weighted by Crippen LogP contribution is 2.58. The quantitative estimate of drug-likeness (QED) is 0.429. The normalized spacial score (nSPS) is 19.1. The zero-order valence-electron chi connectivity index (χ0n) is 17.6. The van der Waals surface area contributed by atoms with Crippen molar-refractivity contribution in [2.45, 2.75) is 12.3 Å². The van der Waals surface area contributed by atoms with Crippen molar-refractivity contribution in [2.24, 2.45) is 0 Å². The van der Waals surface area contributed by atoms with E-state index in [-0.39, 0.29) is 5.91 Å². The van der Waals surface area contributed by atoms with Crippen LogP contribution in [0.2, 0.25) is 0 Å². The highest BCUT2D eigenvalue weighted by atomic mass is 19.1. The van der Waals surface area contributed by atoms with Crippen molar-refractivity contribution >= 4 is 28.2 Å². The van der Waals surface area contributed by atoms with Crippen LogP contribution in [0.1, 0.15) is 22.4 Å². The Bertz CT molecular complexity index is 1540. The molecule has 3 aromatic carbocycles. The van der Waals surface area contributed by atoms with Gasteiger partial charge < -0.3 is 9.47 Å². The van der Waals surface area contributed by atoms with Crippen LogP contribution in [0, 0.1) is 24.1 Å². The number of carbonyl (C=O) groups is 1. The summed E-state index contributed by atoms with van der Waals surface area (Å²) in [4.78, 5) is 15.6. The number of anilines is 1. The maximum atomic E-state index is 14.5. The fourth-order valence-corrected chi connectivity index (χ4v) is 5.54. The van der Waals surface area contributed by atoms with Gasteiger partial charge in [0.15, 0.2) is 5.41 Å². The lowest BCUT2D eigenvalue weighted by molar-refractivity contribution is -0.120. The third-order valence-electron chi connectivity index (χ3n) is 6.83. The lowest BCUT2D eigenvalue weighted by Gasteiger charge is -2.24. The van der Waals surface area contributed by atoms with Gasteiger partial charge in [0.2, 0.25) is 5.91 Å². The van der Waals surface area contributed by atoms with E-state index in [4.69, 9.17) is 0 Å². The van der Waals surface area contributed by atoms with Gasteiger partial charge in [0.05, 0.1) is 28.5 Å². The molecule has 0 radical (unpaired) electrons. The predicted octanol–water partition coefficient (Wildman–Crippen LogP) is 5.15. The molecule has 5 heteroatoms. The molecule has 3 heterocycles. The first-order valence-electron chi connectivity index (χ1n) is 10.4. The van der Waals surface area contributed by atoms with E-state index in [1.807, 2.05) is 66.1 Å². The molecule has 154 valence electrons. The Morgan fingerprint density at radius 1 is 1.00 bits per heavy atom. The first-order valence-corrected chi connectivity index (χ1v) is 10.4. The Balaban J connectivity index is 1.88. The molecule has 0 saturated heterocycles. The van der Waals surface area contributed by atoms with E-state index < -0.39 is 11.2 Å². The van der Waals surface area contributed by atoms with E-state index in [2.05, 4.69) is 6.07 Å². The van der Waals surface area contributed by atoms with Crippen LogP contribution in [0.25, 0.3) is 16.6 Å². The maximum Gasteiger partial charge on any atom is 0.248 e. The number of rotatable bonds is 1. The summed E-state index contributed by atoms with van der Waals surface area (Å²) >= 11 is 0. The number of aryl methyl sites for hydroxylation is 1. The molecule has 1 unspecified atom stereocenters. The first-order chi connectivity index (χ1) is 15.5. The number of para-hydroxylation sites is 1. The lowest BCUT2D eigenvalue weighted by Crippen LogP contribution is -2.40. The number of hydrogen-bond acceptors (Lipinski definition) is 2. The molecule has 0 bridgehead atoms. The molecular formula is C27H18FN3O. The summed E-state index contributed by atoms with van der Waals surface area (Å²) in [5.41, 5.74) is 4.13. The van der Waals surface area contributed by atoms with Gasteiger partial charge in [-0.25, -0.2) is 4.39 Å². The van der Waals surface area contributed by atoms with Gasteiger partial charge in [0.1, 0.15) is 5.82 Å². The van der Waals surface area contributed by atoms with E-state index in [0.717, 1.165) is 27.7 Å². The van der Waals surface area contributed by atoms with Gasteiger partial charge in [-0.05, 0) is 42.3 Å².